The molecule has 3 N–H and O–H groups in total. The fraction of sp³-hybridized carbons (Fsp3) is 0.500. The predicted molar refractivity (Wildman–Crippen MR) is 70.5 cm³/mol. The summed E-state index contributed by atoms with van der Waals surface area (Å²) in [7, 11) is 0. The molecule has 1 saturated carbocycles. The maximum Gasteiger partial charge on any atom is 0.101 e. The smallest absolute Gasteiger partial charge is 0.101 e. The van der Waals surface area contributed by atoms with Crippen LogP contribution in [0.3, 0.4) is 0 Å². The molecule has 3 nitrogen and oxygen atoms in total. The molecule has 90 valence electrons. The molecule has 17 heavy (non-hydrogen) atoms. The molecule has 1 aromatic carbocycles. The van der Waals surface area contributed by atoms with Gasteiger partial charge in [0.15, 0.2) is 0 Å². The van der Waals surface area contributed by atoms with Crippen molar-refractivity contribution in [2.75, 3.05) is 11.1 Å². The van der Waals surface area contributed by atoms with E-state index in [2.05, 4.69) is 39.1 Å². The quantitative estimate of drug-likeness (QED) is 0.766. The lowest BCUT2D eigenvalue weighted by molar-refractivity contribution is 0.457. The highest BCUT2D eigenvalue weighted by atomic mass is 15.0. The summed E-state index contributed by atoms with van der Waals surface area (Å²) in [6.45, 7) is 9.05. The van der Waals surface area contributed by atoms with Crippen molar-refractivity contribution in [3.63, 3.8) is 0 Å². The minimum absolute atomic E-state index is 0.287. The summed E-state index contributed by atoms with van der Waals surface area (Å²) in [5.74, 6) is 0. The van der Waals surface area contributed by atoms with Crippen LogP contribution in [0.1, 0.15) is 33.3 Å². The van der Waals surface area contributed by atoms with Gasteiger partial charge in [-0.15, -0.1) is 0 Å². The summed E-state index contributed by atoms with van der Waals surface area (Å²) in [4.78, 5) is 0. The number of anilines is 2. The summed E-state index contributed by atoms with van der Waals surface area (Å²) in [6.07, 6.45) is 0. The van der Waals surface area contributed by atoms with Crippen molar-refractivity contribution in [3.05, 3.63) is 23.8 Å². The number of nitrogens with one attached hydrogen (secondary N) is 1. The topological polar surface area (TPSA) is 61.8 Å². The molecule has 0 spiro atoms. The first-order valence-electron chi connectivity index (χ1n) is 5.87. The van der Waals surface area contributed by atoms with Crippen LogP contribution in [0.5, 0.6) is 0 Å². The van der Waals surface area contributed by atoms with Gasteiger partial charge in [0.2, 0.25) is 0 Å². The van der Waals surface area contributed by atoms with Gasteiger partial charge >= 0.3 is 0 Å². The fourth-order valence-corrected chi connectivity index (χ4v) is 2.48. The van der Waals surface area contributed by atoms with Gasteiger partial charge in [0.05, 0.1) is 11.3 Å². The fourth-order valence-electron chi connectivity index (χ4n) is 2.48. The van der Waals surface area contributed by atoms with Crippen LogP contribution in [0.15, 0.2) is 18.2 Å². The number of benzene rings is 1. The van der Waals surface area contributed by atoms with Crippen molar-refractivity contribution >= 4 is 11.4 Å². The van der Waals surface area contributed by atoms with Crippen LogP contribution in [-0.2, 0) is 0 Å². The largest absolute Gasteiger partial charge is 0.398 e. The molecule has 1 aromatic rings. The number of hydrogen-bond acceptors (Lipinski definition) is 3. The number of rotatable bonds is 2. The van der Waals surface area contributed by atoms with E-state index in [0.29, 0.717) is 17.3 Å². The Morgan fingerprint density at radius 2 is 1.82 bits per heavy atom. The van der Waals surface area contributed by atoms with Crippen LogP contribution in [0.25, 0.3) is 0 Å². The van der Waals surface area contributed by atoms with Crippen molar-refractivity contribution in [2.24, 2.45) is 10.8 Å². The van der Waals surface area contributed by atoms with Crippen LogP contribution in [-0.4, -0.2) is 6.04 Å². The lowest BCUT2D eigenvalue weighted by Crippen LogP contribution is -2.10. The van der Waals surface area contributed by atoms with Crippen LogP contribution in [0.2, 0.25) is 0 Å². The molecular weight excluding hydrogens is 210 g/mol. The monoisotopic (exact) mass is 229 g/mol. The molecule has 0 saturated heterocycles. The third-order valence-corrected chi connectivity index (χ3v) is 4.50. The summed E-state index contributed by atoms with van der Waals surface area (Å²) in [6, 6.07) is 8.03. The summed E-state index contributed by atoms with van der Waals surface area (Å²) < 4.78 is 0. The van der Waals surface area contributed by atoms with Gasteiger partial charge in [-0.2, -0.15) is 5.26 Å². The van der Waals surface area contributed by atoms with Crippen LogP contribution >= 0.6 is 0 Å². The average molecular weight is 229 g/mol. The molecule has 0 amide bonds. The molecule has 3 heteroatoms. The number of nitrogens with zero attached hydrogens (tertiary/aromatic N) is 1. The normalized spacial score (nSPS) is 20.6. The van der Waals surface area contributed by atoms with Crippen molar-refractivity contribution in [2.45, 2.75) is 33.7 Å². The van der Waals surface area contributed by atoms with Gasteiger partial charge in [-0.25, -0.2) is 0 Å². The number of hydrogen-bond donors (Lipinski definition) is 2. The third-order valence-electron chi connectivity index (χ3n) is 4.50. The van der Waals surface area contributed by atoms with Gasteiger partial charge < -0.3 is 11.1 Å². The van der Waals surface area contributed by atoms with Crippen molar-refractivity contribution in [3.8, 4) is 6.07 Å². The number of nitriles is 1. The van der Waals surface area contributed by atoms with Gasteiger partial charge in [0, 0.05) is 11.7 Å². The first-order valence-corrected chi connectivity index (χ1v) is 5.87. The van der Waals surface area contributed by atoms with Gasteiger partial charge in [-0.3, -0.25) is 0 Å². The Bertz CT molecular complexity index is 481. The molecule has 0 unspecified atom stereocenters. The molecule has 0 atom stereocenters. The van der Waals surface area contributed by atoms with E-state index in [1.165, 1.54) is 0 Å². The van der Waals surface area contributed by atoms with E-state index in [9.17, 15) is 0 Å². The second-order valence-corrected chi connectivity index (χ2v) is 5.93. The average Bonchev–Trinajstić information content (AvgIpc) is 2.61. The lowest BCUT2D eigenvalue weighted by Gasteiger charge is -2.09. The molecule has 1 aliphatic rings. The Morgan fingerprint density at radius 3 is 2.24 bits per heavy atom. The molecular formula is C14H19N3. The number of nitrogen functional groups attached to an aromatic ring is 1. The van der Waals surface area contributed by atoms with Crippen molar-refractivity contribution < 1.29 is 0 Å². The molecule has 1 aliphatic carbocycles. The molecule has 2 rings (SSSR count). The highest BCUT2D eigenvalue weighted by Crippen LogP contribution is 2.63. The van der Waals surface area contributed by atoms with E-state index in [0.717, 1.165) is 5.69 Å². The van der Waals surface area contributed by atoms with Gasteiger partial charge in [-0.1, -0.05) is 27.7 Å². The number of nitrogens with two attached hydrogens (primary N) is 1. The Kier molecular flexibility index (Phi) is 2.36. The first kappa shape index (κ1) is 11.8. The maximum absolute atomic E-state index is 8.82. The zero-order valence-electron chi connectivity index (χ0n) is 10.8. The highest BCUT2D eigenvalue weighted by Gasteiger charge is 2.64. The van der Waals surface area contributed by atoms with Crippen molar-refractivity contribution in [1.82, 2.24) is 0 Å². The minimum Gasteiger partial charge on any atom is -0.398 e. The second-order valence-electron chi connectivity index (χ2n) is 5.93. The van der Waals surface area contributed by atoms with E-state index in [1.54, 1.807) is 6.07 Å². The van der Waals surface area contributed by atoms with E-state index >= 15 is 0 Å². The molecule has 0 aromatic heterocycles. The zero-order valence-corrected chi connectivity index (χ0v) is 10.8. The Labute approximate surface area is 103 Å². The molecule has 0 radical (unpaired) electrons. The molecule has 0 aliphatic heterocycles. The standard InChI is InChI=1S/C14H19N3/c1-13(2)12(14(13,3)4)17-10-6-5-9(8-15)11(16)7-10/h5-7,12,17H,16H2,1-4H3. The molecule has 0 bridgehead atoms. The summed E-state index contributed by atoms with van der Waals surface area (Å²) in [5, 5.41) is 12.3. The zero-order chi connectivity index (χ0) is 12.8. The Hall–Kier alpha value is -1.69. The van der Waals surface area contributed by atoms with Gasteiger partial charge in [0.1, 0.15) is 6.07 Å². The lowest BCUT2D eigenvalue weighted by atomic mass is 10.0. The van der Waals surface area contributed by atoms with Crippen LogP contribution in [0, 0.1) is 22.2 Å². The van der Waals surface area contributed by atoms with Crippen LogP contribution < -0.4 is 11.1 Å². The molecule has 1 fully saturated rings. The van der Waals surface area contributed by atoms with Crippen molar-refractivity contribution in [1.29, 1.82) is 5.26 Å². The first-order chi connectivity index (χ1) is 7.80. The Morgan fingerprint density at radius 1 is 1.24 bits per heavy atom. The van der Waals surface area contributed by atoms with Gasteiger partial charge in [-0.05, 0) is 29.0 Å². The molecule has 0 heterocycles. The van der Waals surface area contributed by atoms with E-state index in [4.69, 9.17) is 11.0 Å². The Balaban J connectivity index is 2.18. The SMILES string of the molecule is CC1(C)C(Nc2ccc(C#N)c(N)c2)C1(C)C. The van der Waals surface area contributed by atoms with E-state index in [-0.39, 0.29) is 10.8 Å². The predicted octanol–water partition coefficient (Wildman–Crippen LogP) is 2.99. The summed E-state index contributed by atoms with van der Waals surface area (Å²) >= 11 is 0. The minimum atomic E-state index is 0.287. The highest BCUT2D eigenvalue weighted by molar-refractivity contribution is 5.63. The van der Waals surface area contributed by atoms with E-state index < -0.39 is 0 Å². The second kappa shape index (κ2) is 3.40. The van der Waals surface area contributed by atoms with Gasteiger partial charge in [0.25, 0.3) is 0 Å². The van der Waals surface area contributed by atoms with E-state index in [1.807, 2.05) is 12.1 Å². The maximum atomic E-state index is 8.82. The summed E-state index contributed by atoms with van der Waals surface area (Å²) in [5.41, 5.74) is 8.43. The third kappa shape index (κ3) is 1.64. The van der Waals surface area contributed by atoms with Crippen LogP contribution in [0.4, 0.5) is 11.4 Å².